The minimum absolute atomic E-state index is 0.185. The summed E-state index contributed by atoms with van der Waals surface area (Å²) in [5, 5.41) is 1.53. The van der Waals surface area contributed by atoms with Crippen molar-refractivity contribution >= 4 is 33.3 Å². The van der Waals surface area contributed by atoms with Gasteiger partial charge in [-0.1, -0.05) is 83.5 Å². The number of Topliss-reactive ketones (excluding diaryl/α,β-unsaturated/α-hetero) is 1. The van der Waals surface area contributed by atoms with Gasteiger partial charge in [0.2, 0.25) is 5.78 Å². The second-order valence-corrected chi connectivity index (χ2v) is 8.34. The Morgan fingerprint density at radius 1 is 1.00 bits per heavy atom. The number of hydrogen-bond acceptors (Lipinski definition) is 4. The molecule has 1 heterocycles. The number of carbonyl (C=O) groups is 2. The van der Waals surface area contributed by atoms with E-state index in [1.165, 1.54) is 0 Å². The fourth-order valence-corrected chi connectivity index (χ4v) is 4.00. The van der Waals surface area contributed by atoms with Crippen molar-refractivity contribution in [2.75, 3.05) is 0 Å². The smallest absolute Gasteiger partial charge is 0.335 e. The van der Waals surface area contributed by atoms with Crippen molar-refractivity contribution in [2.24, 2.45) is 4.99 Å². The molecular formula is C26H22BrNO3. The van der Waals surface area contributed by atoms with E-state index in [1.807, 2.05) is 61.5 Å². The van der Waals surface area contributed by atoms with Gasteiger partial charge in [0.15, 0.2) is 6.10 Å². The van der Waals surface area contributed by atoms with Gasteiger partial charge in [-0.25, -0.2) is 4.79 Å². The van der Waals surface area contributed by atoms with Crippen molar-refractivity contribution in [1.82, 2.24) is 0 Å². The number of ether oxygens (including phenoxy) is 1. The van der Waals surface area contributed by atoms with Crippen molar-refractivity contribution in [3.8, 4) is 0 Å². The molecule has 0 saturated carbocycles. The van der Waals surface area contributed by atoms with Gasteiger partial charge in [0.05, 0.1) is 11.4 Å². The largest absolute Gasteiger partial charge is 0.451 e. The molecule has 0 spiro atoms. The van der Waals surface area contributed by atoms with Crippen LogP contribution in [0.25, 0.3) is 5.57 Å². The zero-order valence-electron chi connectivity index (χ0n) is 17.1. The first-order valence-electron chi connectivity index (χ1n) is 10.3. The monoisotopic (exact) mass is 475 g/mol. The topological polar surface area (TPSA) is 55.7 Å². The Kier molecular flexibility index (Phi) is 6.42. The third-order valence-electron chi connectivity index (χ3n) is 5.39. The number of benzene rings is 3. The van der Waals surface area contributed by atoms with Gasteiger partial charge in [-0.05, 0) is 30.2 Å². The predicted molar refractivity (Wildman–Crippen MR) is 123 cm³/mol. The van der Waals surface area contributed by atoms with Gasteiger partial charge >= 0.3 is 5.97 Å². The van der Waals surface area contributed by atoms with Crippen LogP contribution >= 0.6 is 15.9 Å². The fourth-order valence-electron chi connectivity index (χ4n) is 3.74. The van der Waals surface area contributed by atoms with E-state index in [-0.39, 0.29) is 11.8 Å². The Hall–Kier alpha value is -3.05. The molecule has 0 bridgehead atoms. The lowest BCUT2D eigenvalue weighted by atomic mass is 9.95. The summed E-state index contributed by atoms with van der Waals surface area (Å²) in [7, 11) is 0. The molecule has 1 aliphatic rings. The average Bonchev–Trinajstić information content (AvgIpc) is 2.82. The zero-order valence-corrected chi connectivity index (χ0v) is 18.7. The minimum Gasteiger partial charge on any atom is -0.451 e. The molecule has 3 aromatic rings. The van der Waals surface area contributed by atoms with Crippen LogP contribution in [0.15, 0.2) is 88.3 Å². The van der Waals surface area contributed by atoms with Crippen molar-refractivity contribution in [1.29, 1.82) is 0 Å². The van der Waals surface area contributed by atoms with E-state index in [0.29, 0.717) is 24.0 Å². The molecule has 0 aliphatic carbocycles. The van der Waals surface area contributed by atoms with Gasteiger partial charge in [-0.15, -0.1) is 0 Å². The Morgan fingerprint density at radius 2 is 1.68 bits per heavy atom. The van der Waals surface area contributed by atoms with Crippen LogP contribution in [-0.2, 0) is 9.53 Å². The molecular weight excluding hydrogens is 454 g/mol. The molecule has 4 rings (SSSR count). The van der Waals surface area contributed by atoms with Crippen molar-refractivity contribution < 1.29 is 14.3 Å². The Balaban J connectivity index is 1.65. The summed E-state index contributed by atoms with van der Waals surface area (Å²) in [4.78, 5) is 30.9. The Labute approximate surface area is 189 Å². The fraction of sp³-hybridized carbons (Fsp3) is 0.192. The highest BCUT2D eigenvalue weighted by Crippen LogP contribution is 2.28. The van der Waals surface area contributed by atoms with E-state index in [4.69, 9.17) is 9.73 Å². The summed E-state index contributed by atoms with van der Waals surface area (Å²) < 4.78 is 6.73. The van der Waals surface area contributed by atoms with Crippen molar-refractivity contribution in [2.45, 2.75) is 31.9 Å². The SMILES string of the molecule is CC[C@@H](OC(=O)C1=c2ccccc2=N[C@@H](c2ccc(Br)cc2)C1)C(=O)c1ccccc1. The third-order valence-corrected chi connectivity index (χ3v) is 5.92. The predicted octanol–water partition coefficient (Wildman–Crippen LogP) is 4.57. The first-order valence-corrected chi connectivity index (χ1v) is 11.1. The number of para-hydroxylation sites is 1. The standard InChI is InChI=1S/C26H22BrNO3/c1-2-24(25(29)18-8-4-3-5-9-18)31-26(30)21-16-23(17-12-14-19(27)15-13-17)28-22-11-7-6-10-20(21)22/h3-15,23-24H,2,16H2,1H3/t23-,24-/m1/s1. The summed E-state index contributed by atoms with van der Waals surface area (Å²) in [6.07, 6.45) is 0.0158. The van der Waals surface area contributed by atoms with E-state index < -0.39 is 12.1 Å². The van der Waals surface area contributed by atoms with Crippen LogP contribution in [0.3, 0.4) is 0 Å². The highest BCUT2D eigenvalue weighted by atomic mass is 79.9. The average molecular weight is 476 g/mol. The zero-order chi connectivity index (χ0) is 21.8. The van der Waals surface area contributed by atoms with Gasteiger partial charge in [-0.2, -0.15) is 0 Å². The van der Waals surface area contributed by atoms with Crippen LogP contribution in [-0.4, -0.2) is 17.9 Å². The van der Waals surface area contributed by atoms with Gasteiger partial charge in [0.25, 0.3) is 0 Å². The lowest BCUT2D eigenvalue weighted by Gasteiger charge is -2.21. The normalized spacial score (nSPS) is 16.1. The van der Waals surface area contributed by atoms with Crippen LogP contribution in [0.5, 0.6) is 0 Å². The number of hydrogen-bond donors (Lipinski definition) is 0. The summed E-state index contributed by atoms with van der Waals surface area (Å²) >= 11 is 3.46. The van der Waals surface area contributed by atoms with E-state index in [2.05, 4.69) is 15.9 Å². The van der Waals surface area contributed by atoms with E-state index in [1.54, 1.807) is 24.3 Å². The second kappa shape index (κ2) is 9.40. The van der Waals surface area contributed by atoms with Gasteiger partial charge in [0, 0.05) is 27.2 Å². The maximum absolute atomic E-state index is 13.2. The van der Waals surface area contributed by atoms with Crippen LogP contribution in [0.4, 0.5) is 0 Å². The Morgan fingerprint density at radius 3 is 2.39 bits per heavy atom. The highest BCUT2D eigenvalue weighted by molar-refractivity contribution is 9.10. The molecule has 156 valence electrons. The lowest BCUT2D eigenvalue weighted by molar-refractivity contribution is -0.140. The van der Waals surface area contributed by atoms with Crippen molar-refractivity contribution in [3.63, 3.8) is 0 Å². The molecule has 1 aliphatic heterocycles. The van der Waals surface area contributed by atoms with Crippen LogP contribution in [0.2, 0.25) is 0 Å². The quantitative estimate of drug-likeness (QED) is 0.387. The molecule has 0 unspecified atom stereocenters. The van der Waals surface area contributed by atoms with Crippen LogP contribution in [0, 0.1) is 0 Å². The molecule has 0 fully saturated rings. The van der Waals surface area contributed by atoms with E-state index in [0.717, 1.165) is 20.6 Å². The molecule has 0 N–H and O–H groups in total. The molecule has 5 heteroatoms. The molecule has 0 aromatic heterocycles. The first kappa shape index (κ1) is 21.2. The van der Waals surface area contributed by atoms with Crippen LogP contribution in [0.1, 0.15) is 41.7 Å². The summed E-state index contributed by atoms with van der Waals surface area (Å²) in [6, 6.07) is 24.3. The molecule has 4 nitrogen and oxygen atoms in total. The summed E-state index contributed by atoms with van der Waals surface area (Å²) in [5.74, 6) is -0.643. The number of ketones is 1. The third kappa shape index (κ3) is 4.67. The number of carbonyl (C=O) groups excluding carboxylic acids is 2. The Bertz CT molecular complexity index is 1220. The minimum atomic E-state index is -0.820. The molecule has 0 amide bonds. The maximum atomic E-state index is 13.2. The lowest BCUT2D eigenvalue weighted by Crippen LogP contribution is -2.36. The van der Waals surface area contributed by atoms with Crippen LogP contribution < -0.4 is 10.6 Å². The second-order valence-electron chi connectivity index (χ2n) is 7.43. The number of fused-ring (bicyclic) bond motifs is 1. The summed E-state index contributed by atoms with van der Waals surface area (Å²) in [5.41, 5.74) is 2.12. The number of rotatable bonds is 6. The summed E-state index contributed by atoms with van der Waals surface area (Å²) in [6.45, 7) is 1.85. The number of esters is 1. The first-order chi connectivity index (χ1) is 15.1. The number of halogens is 1. The molecule has 2 atom stereocenters. The molecule has 3 aromatic carbocycles. The maximum Gasteiger partial charge on any atom is 0.335 e. The van der Waals surface area contributed by atoms with Gasteiger partial charge in [0.1, 0.15) is 0 Å². The van der Waals surface area contributed by atoms with Crippen molar-refractivity contribution in [3.05, 3.63) is 105 Å². The molecule has 0 radical (unpaired) electrons. The van der Waals surface area contributed by atoms with Gasteiger partial charge in [-0.3, -0.25) is 9.79 Å². The number of nitrogens with zero attached hydrogens (tertiary/aromatic N) is 1. The van der Waals surface area contributed by atoms with E-state index in [9.17, 15) is 9.59 Å². The molecule has 0 saturated heterocycles. The highest BCUT2D eigenvalue weighted by Gasteiger charge is 2.28. The van der Waals surface area contributed by atoms with Gasteiger partial charge < -0.3 is 4.74 Å². The van der Waals surface area contributed by atoms with E-state index >= 15 is 0 Å². The molecule has 31 heavy (non-hydrogen) atoms.